The molecule has 0 saturated heterocycles. The first-order chi connectivity index (χ1) is 8.66. The average molecular weight is 268 g/mol. The summed E-state index contributed by atoms with van der Waals surface area (Å²) in [5.74, 6) is 0.726. The third-order valence-electron chi connectivity index (χ3n) is 2.78. The van der Waals surface area contributed by atoms with Gasteiger partial charge in [-0.05, 0) is 17.7 Å². The van der Waals surface area contributed by atoms with Gasteiger partial charge < -0.3 is 9.88 Å². The highest BCUT2D eigenvalue weighted by molar-refractivity contribution is 6.31. The van der Waals surface area contributed by atoms with Crippen LogP contribution in [0.5, 0.6) is 0 Å². The van der Waals surface area contributed by atoms with Gasteiger partial charge in [-0.3, -0.25) is 0 Å². The molecule has 1 aromatic carbocycles. The normalized spacial score (nSPS) is 10.8. The van der Waals surface area contributed by atoms with E-state index in [1.54, 1.807) is 12.3 Å². The van der Waals surface area contributed by atoms with Crippen molar-refractivity contribution in [3.63, 3.8) is 0 Å². The van der Waals surface area contributed by atoms with Crippen LogP contribution in [0.4, 0.5) is 4.39 Å². The van der Waals surface area contributed by atoms with Crippen molar-refractivity contribution in [3.8, 4) is 0 Å². The monoisotopic (exact) mass is 267 g/mol. The lowest BCUT2D eigenvalue weighted by Gasteiger charge is -2.07. The van der Waals surface area contributed by atoms with Gasteiger partial charge in [0.1, 0.15) is 11.6 Å². The van der Waals surface area contributed by atoms with Crippen molar-refractivity contribution in [1.29, 1.82) is 0 Å². The molecule has 0 aliphatic heterocycles. The molecular weight excluding hydrogens is 253 g/mol. The molecule has 0 radical (unpaired) electrons. The summed E-state index contributed by atoms with van der Waals surface area (Å²) in [5, 5.41) is 3.73. The Labute approximate surface area is 111 Å². The summed E-state index contributed by atoms with van der Waals surface area (Å²) in [5.41, 5.74) is 0.901. The van der Waals surface area contributed by atoms with Gasteiger partial charge in [-0.15, -0.1) is 0 Å². The SMILES string of the molecule is Cn1ccnc1CCNCc1ccc(F)cc1Cl. The first-order valence-electron chi connectivity index (χ1n) is 5.77. The Hall–Kier alpha value is -1.39. The molecule has 0 fully saturated rings. The van der Waals surface area contributed by atoms with Gasteiger partial charge in [0.05, 0.1) is 0 Å². The Morgan fingerprint density at radius 2 is 2.28 bits per heavy atom. The Morgan fingerprint density at radius 3 is 2.94 bits per heavy atom. The average Bonchev–Trinajstić information content (AvgIpc) is 2.73. The molecule has 18 heavy (non-hydrogen) atoms. The molecule has 2 rings (SSSR count). The maximum Gasteiger partial charge on any atom is 0.124 e. The van der Waals surface area contributed by atoms with Crippen molar-refractivity contribution in [2.45, 2.75) is 13.0 Å². The van der Waals surface area contributed by atoms with Crippen LogP contribution in [0.3, 0.4) is 0 Å². The standard InChI is InChI=1S/C13H15ClFN3/c1-18-7-6-17-13(18)4-5-16-9-10-2-3-11(15)8-12(10)14/h2-3,6-8,16H,4-5,9H2,1H3. The summed E-state index contributed by atoms with van der Waals surface area (Å²) in [6.45, 7) is 1.43. The van der Waals surface area contributed by atoms with E-state index in [9.17, 15) is 4.39 Å². The van der Waals surface area contributed by atoms with E-state index in [0.717, 1.165) is 24.4 Å². The summed E-state index contributed by atoms with van der Waals surface area (Å²) < 4.78 is 14.8. The number of halogens is 2. The van der Waals surface area contributed by atoms with E-state index >= 15 is 0 Å². The molecule has 1 aromatic heterocycles. The lowest BCUT2D eigenvalue weighted by molar-refractivity contribution is 0.623. The predicted molar refractivity (Wildman–Crippen MR) is 70.0 cm³/mol. The molecule has 0 amide bonds. The molecule has 5 heteroatoms. The molecule has 0 aliphatic carbocycles. The molecule has 96 valence electrons. The number of imidazole rings is 1. The Morgan fingerprint density at radius 1 is 1.44 bits per heavy atom. The maximum absolute atomic E-state index is 12.9. The summed E-state index contributed by atoms with van der Waals surface area (Å²) in [6.07, 6.45) is 4.56. The highest BCUT2D eigenvalue weighted by Gasteiger charge is 2.02. The highest BCUT2D eigenvalue weighted by Crippen LogP contribution is 2.16. The van der Waals surface area contributed by atoms with Crippen LogP contribution < -0.4 is 5.32 Å². The van der Waals surface area contributed by atoms with Crippen molar-refractivity contribution >= 4 is 11.6 Å². The van der Waals surface area contributed by atoms with Crippen LogP contribution in [0.15, 0.2) is 30.6 Å². The number of nitrogens with one attached hydrogen (secondary N) is 1. The zero-order chi connectivity index (χ0) is 13.0. The van der Waals surface area contributed by atoms with Crippen LogP contribution in [-0.4, -0.2) is 16.1 Å². The summed E-state index contributed by atoms with van der Waals surface area (Å²) in [4.78, 5) is 4.24. The fourth-order valence-corrected chi connectivity index (χ4v) is 1.96. The van der Waals surface area contributed by atoms with Crippen LogP contribution >= 0.6 is 11.6 Å². The first kappa shape index (κ1) is 13.1. The van der Waals surface area contributed by atoms with Gasteiger partial charge in [0.15, 0.2) is 0 Å². The first-order valence-corrected chi connectivity index (χ1v) is 6.15. The van der Waals surface area contributed by atoms with E-state index < -0.39 is 0 Å². The van der Waals surface area contributed by atoms with Crippen molar-refractivity contribution in [1.82, 2.24) is 14.9 Å². The molecule has 1 N–H and O–H groups in total. The van der Waals surface area contributed by atoms with Crippen LogP contribution in [0, 0.1) is 5.82 Å². The second-order valence-corrected chi connectivity index (χ2v) is 4.52. The molecule has 2 aromatic rings. The molecule has 0 spiro atoms. The number of hydrogen-bond acceptors (Lipinski definition) is 2. The zero-order valence-electron chi connectivity index (χ0n) is 10.2. The van der Waals surface area contributed by atoms with Crippen molar-refractivity contribution in [2.24, 2.45) is 7.05 Å². The van der Waals surface area contributed by atoms with E-state index in [1.165, 1.54) is 12.1 Å². The number of rotatable bonds is 5. The molecule has 1 heterocycles. The second-order valence-electron chi connectivity index (χ2n) is 4.12. The summed E-state index contributed by atoms with van der Waals surface area (Å²) >= 11 is 5.94. The lowest BCUT2D eigenvalue weighted by Crippen LogP contribution is -2.18. The Balaban J connectivity index is 1.80. The topological polar surface area (TPSA) is 29.9 Å². The molecule has 0 aliphatic rings. The van der Waals surface area contributed by atoms with Crippen molar-refractivity contribution in [3.05, 3.63) is 52.8 Å². The molecule has 0 bridgehead atoms. The van der Waals surface area contributed by atoms with Crippen LogP contribution in [0.2, 0.25) is 5.02 Å². The molecule has 3 nitrogen and oxygen atoms in total. The largest absolute Gasteiger partial charge is 0.338 e. The van der Waals surface area contributed by atoms with E-state index in [4.69, 9.17) is 11.6 Å². The highest BCUT2D eigenvalue weighted by atomic mass is 35.5. The number of hydrogen-bond donors (Lipinski definition) is 1. The third kappa shape index (κ3) is 3.31. The van der Waals surface area contributed by atoms with E-state index in [1.807, 2.05) is 17.8 Å². The van der Waals surface area contributed by atoms with Crippen LogP contribution in [-0.2, 0) is 20.0 Å². The Kier molecular flexibility index (Phi) is 4.33. The Bertz CT molecular complexity index is 525. The zero-order valence-corrected chi connectivity index (χ0v) is 10.9. The summed E-state index contributed by atoms with van der Waals surface area (Å²) in [7, 11) is 1.97. The van der Waals surface area contributed by atoms with Gasteiger partial charge in [0.2, 0.25) is 0 Å². The minimum absolute atomic E-state index is 0.309. The van der Waals surface area contributed by atoms with Crippen LogP contribution in [0.25, 0.3) is 0 Å². The van der Waals surface area contributed by atoms with Gasteiger partial charge in [0, 0.05) is 44.0 Å². The second kappa shape index (κ2) is 5.98. The van der Waals surface area contributed by atoms with E-state index in [2.05, 4.69) is 10.3 Å². The van der Waals surface area contributed by atoms with E-state index in [0.29, 0.717) is 11.6 Å². The smallest absolute Gasteiger partial charge is 0.124 e. The van der Waals surface area contributed by atoms with Gasteiger partial charge in [-0.2, -0.15) is 0 Å². The summed E-state index contributed by atoms with van der Waals surface area (Å²) in [6, 6.07) is 4.45. The van der Waals surface area contributed by atoms with Gasteiger partial charge in [-0.25, -0.2) is 9.37 Å². The molecule has 0 unspecified atom stereocenters. The quantitative estimate of drug-likeness (QED) is 0.844. The van der Waals surface area contributed by atoms with Crippen molar-refractivity contribution < 1.29 is 4.39 Å². The minimum Gasteiger partial charge on any atom is -0.338 e. The van der Waals surface area contributed by atoms with Gasteiger partial charge in [0.25, 0.3) is 0 Å². The van der Waals surface area contributed by atoms with Crippen LogP contribution in [0.1, 0.15) is 11.4 Å². The fraction of sp³-hybridized carbons (Fsp3) is 0.308. The lowest BCUT2D eigenvalue weighted by atomic mass is 10.2. The molecular formula is C13H15ClFN3. The maximum atomic E-state index is 12.9. The minimum atomic E-state index is -0.309. The van der Waals surface area contributed by atoms with Gasteiger partial charge >= 0.3 is 0 Å². The molecule has 0 atom stereocenters. The van der Waals surface area contributed by atoms with Gasteiger partial charge in [-0.1, -0.05) is 17.7 Å². The number of aryl methyl sites for hydroxylation is 1. The van der Waals surface area contributed by atoms with E-state index in [-0.39, 0.29) is 5.82 Å². The number of nitrogens with zero attached hydrogens (tertiary/aromatic N) is 2. The number of aromatic nitrogens is 2. The third-order valence-corrected chi connectivity index (χ3v) is 3.13. The molecule has 0 saturated carbocycles. The number of benzene rings is 1. The predicted octanol–water partition coefficient (Wildman–Crippen LogP) is 2.54. The fourth-order valence-electron chi connectivity index (χ4n) is 1.73. The van der Waals surface area contributed by atoms with Crippen molar-refractivity contribution in [2.75, 3.05) is 6.54 Å².